The highest BCUT2D eigenvalue weighted by Crippen LogP contribution is 2.29. The summed E-state index contributed by atoms with van der Waals surface area (Å²) in [4.78, 5) is 2.62. The molecule has 0 N–H and O–H groups in total. The van der Waals surface area contributed by atoms with Crippen molar-refractivity contribution in [3.05, 3.63) is 34.9 Å². The van der Waals surface area contributed by atoms with Crippen LogP contribution < -0.4 is 0 Å². The second-order valence-corrected chi connectivity index (χ2v) is 7.16. The van der Waals surface area contributed by atoms with E-state index in [2.05, 4.69) is 57.7 Å². The van der Waals surface area contributed by atoms with Gasteiger partial charge in [0.25, 0.3) is 0 Å². The lowest BCUT2D eigenvalue weighted by Crippen LogP contribution is -2.37. The molecule has 0 saturated carbocycles. The first kappa shape index (κ1) is 13.6. The van der Waals surface area contributed by atoms with Crippen LogP contribution in [0.15, 0.2) is 18.2 Å². The van der Waals surface area contributed by atoms with Crippen molar-refractivity contribution in [1.29, 1.82) is 0 Å². The molecule has 0 radical (unpaired) electrons. The molecule has 0 atom stereocenters. The van der Waals surface area contributed by atoms with Gasteiger partial charge in [-0.15, -0.1) is 0 Å². The molecule has 1 heteroatoms. The maximum absolute atomic E-state index is 2.62. The summed E-state index contributed by atoms with van der Waals surface area (Å²) >= 11 is 0. The standard InChI is InChI=1S/C17H27N/c1-13(2)15-8-6-7-14-9-10-18(11-16(14)15)12-17(3,4)5/h6-8,13H,9-12H2,1-5H3. The minimum Gasteiger partial charge on any atom is -0.298 e. The summed E-state index contributed by atoms with van der Waals surface area (Å²) in [6.45, 7) is 15.1. The van der Waals surface area contributed by atoms with Crippen LogP contribution in [-0.2, 0) is 13.0 Å². The summed E-state index contributed by atoms with van der Waals surface area (Å²) in [7, 11) is 0. The van der Waals surface area contributed by atoms with Gasteiger partial charge in [-0.25, -0.2) is 0 Å². The van der Waals surface area contributed by atoms with Gasteiger partial charge in [0.2, 0.25) is 0 Å². The van der Waals surface area contributed by atoms with E-state index in [9.17, 15) is 0 Å². The summed E-state index contributed by atoms with van der Waals surface area (Å²) in [6.07, 6.45) is 1.21. The highest BCUT2D eigenvalue weighted by Gasteiger charge is 2.23. The number of rotatable bonds is 2. The van der Waals surface area contributed by atoms with Crippen molar-refractivity contribution in [2.45, 2.75) is 53.5 Å². The fourth-order valence-electron chi connectivity index (χ4n) is 3.01. The van der Waals surface area contributed by atoms with E-state index in [1.807, 2.05) is 0 Å². The summed E-state index contributed by atoms with van der Waals surface area (Å²) in [5, 5.41) is 0. The predicted octanol–water partition coefficient (Wildman–Crippen LogP) is 4.21. The third-order valence-corrected chi connectivity index (χ3v) is 3.71. The van der Waals surface area contributed by atoms with E-state index in [-0.39, 0.29) is 0 Å². The van der Waals surface area contributed by atoms with E-state index in [4.69, 9.17) is 0 Å². The molecule has 0 spiro atoms. The van der Waals surface area contributed by atoms with Crippen LogP contribution >= 0.6 is 0 Å². The van der Waals surface area contributed by atoms with Crippen molar-refractivity contribution in [3.8, 4) is 0 Å². The fourth-order valence-corrected chi connectivity index (χ4v) is 3.01. The Labute approximate surface area is 112 Å². The minimum absolute atomic E-state index is 0.393. The van der Waals surface area contributed by atoms with Gasteiger partial charge in [0, 0.05) is 19.6 Å². The van der Waals surface area contributed by atoms with Crippen molar-refractivity contribution in [3.63, 3.8) is 0 Å². The van der Waals surface area contributed by atoms with Crippen LogP contribution in [0.3, 0.4) is 0 Å². The van der Waals surface area contributed by atoms with Gasteiger partial charge < -0.3 is 0 Å². The van der Waals surface area contributed by atoms with Crippen LogP contribution in [0.2, 0.25) is 0 Å². The average Bonchev–Trinajstić information content (AvgIpc) is 2.25. The molecule has 1 heterocycles. The molecule has 1 aromatic rings. The van der Waals surface area contributed by atoms with E-state index in [1.54, 1.807) is 16.7 Å². The van der Waals surface area contributed by atoms with Gasteiger partial charge in [0.15, 0.2) is 0 Å². The van der Waals surface area contributed by atoms with Crippen LogP contribution in [-0.4, -0.2) is 18.0 Å². The van der Waals surface area contributed by atoms with Crippen LogP contribution in [0.25, 0.3) is 0 Å². The van der Waals surface area contributed by atoms with E-state index in [0.717, 1.165) is 6.54 Å². The Hall–Kier alpha value is -0.820. The summed E-state index contributed by atoms with van der Waals surface area (Å²) < 4.78 is 0. The molecule has 18 heavy (non-hydrogen) atoms. The van der Waals surface area contributed by atoms with Crippen LogP contribution in [0.1, 0.15) is 57.2 Å². The molecule has 0 aromatic heterocycles. The highest BCUT2D eigenvalue weighted by atomic mass is 15.1. The third-order valence-electron chi connectivity index (χ3n) is 3.71. The average molecular weight is 245 g/mol. The van der Waals surface area contributed by atoms with Crippen LogP contribution in [0.5, 0.6) is 0 Å². The lowest BCUT2D eigenvalue weighted by atomic mass is 9.88. The molecular formula is C17H27N. The van der Waals surface area contributed by atoms with Crippen molar-refractivity contribution < 1.29 is 0 Å². The van der Waals surface area contributed by atoms with Gasteiger partial charge in [-0.1, -0.05) is 52.8 Å². The molecule has 0 bridgehead atoms. The Morgan fingerprint density at radius 3 is 2.56 bits per heavy atom. The number of fused-ring (bicyclic) bond motifs is 1. The second-order valence-electron chi connectivity index (χ2n) is 7.16. The fraction of sp³-hybridized carbons (Fsp3) is 0.647. The van der Waals surface area contributed by atoms with Crippen molar-refractivity contribution in [1.82, 2.24) is 4.90 Å². The lowest BCUT2D eigenvalue weighted by molar-refractivity contribution is 0.176. The van der Waals surface area contributed by atoms with Crippen molar-refractivity contribution in [2.24, 2.45) is 5.41 Å². The largest absolute Gasteiger partial charge is 0.298 e. The maximum atomic E-state index is 2.62. The third kappa shape index (κ3) is 3.14. The number of benzene rings is 1. The smallest absolute Gasteiger partial charge is 0.0239 e. The molecule has 1 aliphatic heterocycles. The second kappa shape index (κ2) is 5.05. The zero-order valence-corrected chi connectivity index (χ0v) is 12.6. The summed E-state index contributed by atoms with van der Waals surface area (Å²) in [5.74, 6) is 0.634. The summed E-state index contributed by atoms with van der Waals surface area (Å²) in [6, 6.07) is 6.85. The highest BCUT2D eigenvalue weighted by molar-refractivity contribution is 5.38. The number of nitrogens with zero attached hydrogens (tertiary/aromatic N) is 1. The molecule has 1 aromatic carbocycles. The molecule has 0 saturated heterocycles. The van der Waals surface area contributed by atoms with E-state index in [1.165, 1.54) is 19.5 Å². The zero-order chi connectivity index (χ0) is 13.3. The van der Waals surface area contributed by atoms with Gasteiger partial charge in [0.05, 0.1) is 0 Å². The molecule has 1 nitrogen and oxygen atoms in total. The molecule has 0 aliphatic carbocycles. The molecule has 0 amide bonds. The Morgan fingerprint density at radius 2 is 1.94 bits per heavy atom. The van der Waals surface area contributed by atoms with Gasteiger partial charge in [-0.3, -0.25) is 4.90 Å². The van der Waals surface area contributed by atoms with Crippen LogP contribution in [0.4, 0.5) is 0 Å². The van der Waals surface area contributed by atoms with Gasteiger partial charge in [-0.2, -0.15) is 0 Å². The molecule has 100 valence electrons. The number of hydrogen-bond acceptors (Lipinski definition) is 1. The Kier molecular flexibility index (Phi) is 3.82. The maximum Gasteiger partial charge on any atom is 0.0239 e. The first-order valence-corrected chi connectivity index (χ1v) is 7.20. The number of hydrogen-bond donors (Lipinski definition) is 0. The van der Waals surface area contributed by atoms with E-state index < -0.39 is 0 Å². The molecule has 0 fully saturated rings. The topological polar surface area (TPSA) is 3.24 Å². The minimum atomic E-state index is 0.393. The monoisotopic (exact) mass is 245 g/mol. The van der Waals surface area contributed by atoms with Gasteiger partial charge >= 0.3 is 0 Å². The normalized spacial score (nSPS) is 17.0. The van der Waals surface area contributed by atoms with Crippen molar-refractivity contribution >= 4 is 0 Å². The Bertz CT molecular complexity index is 412. The zero-order valence-electron chi connectivity index (χ0n) is 12.6. The first-order valence-electron chi connectivity index (χ1n) is 7.20. The Balaban J connectivity index is 2.22. The van der Waals surface area contributed by atoms with Crippen molar-refractivity contribution in [2.75, 3.05) is 13.1 Å². The van der Waals surface area contributed by atoms with E-state index >= 15 is 0 Å². The lowest BCUT2D eigenvalue weighted by Gasteiger charge is -2.35. The van der Waals surface area contributed by atoms with Gasteiger partial charge in [0.1, 0.15) is 0 Å². The first-order chi connectivity index (χ1) is 8.37. The van der Waals surface area contributed by atoms with Crippen LogP contribution in [0, 0.1) is 5.41 Å². The molecule has 1 aliphatic rings. The Morgan fingerprint density at radius 1 is 1.22 bits per heavy atom. The predicted molar refractivity (Wildman–Crippen MR) is 79.0 cm³/mol. The van der Waals surface area contributed by atoms with Gasteiger partial charge in [-0.05, 0) is 34.4 Å². The molecular weight excluding hydrogens is 218 g/mol. The molecule has 2 rings (SSSR count). The summed E-state index contributed by atoms with van der Waals surface area (Å²) in [5.41, 5.74) is 5.12. The SMILES string of the molecule is CC(C)c1cccc2c1CN(CC(C)(C)C)CC2. The quantitative estimate of drug-likeness (QED) is 0.754. The molecule has 0 unspecified atom stereocenters. The van der Waals surface area contributed by atoms with E-state index in [0.29, 0.717) is 11.3 Å².